The standard InChI is InChI=1S/C27H43FN6O/c1-6-9-14-29-27(35)33(15-7-2)20-24-25(8-3)30-34(23-12-10-22(28)11-13-23)26(24)32-18-16-31(17-19-32)21(4)5/h10-13,21H,6-9,14-20H2,1-5H3,(H,29,35). The molecule has 2 heterocycles. The maximum Gasteiger partial charge on any atom is 0.317 e. The zero-order chi connectivity index (χ0) is 25.4. The smallest absolute Gasteiger partial charge is 0.317 e. The molecule has 0 radical (unpaired) electrons. The van der Waals surface area contributed by atoms with Gasteiger partial charge in [-0.15, -0.1) is 0 Å². The Balaban J connectivity index is 2.00. The quantitative estimate of drug-likeness (QED) is 0.463. The number of hydrogen-bond acceptors (Lipinski definition) is 4. The van der Waals surface area contributed by atoms with Crippen LogP contribution in [0.2, 0.25) is 0 Å². The highest BCUT2D eigenvalue weighted by Gasteiger charge is 2.28. The highest BCUT2D eigenvalue weighted by Crippen LogP contribution is 2.31. The number of aromatic nitrogens is 2. The van der Waals surface area contributed by atoms with Crippen LogP contribution in [0.1, 0.15) is 65.1 Å². The number of urea groups is 1. The monoisotopic (exact) mass is 486 g/mol. The molecule has 3 rings (SSSR count). The Hall–Kier alpha value is -2.61. The Morgan fingerprint density at radius 1 is 1.09 bits per heavy atom. The molecule has 1 aliphatic rings. The normalized spacial score (nSPS) is 14.5. The second-order valence-corrected chi connectivity index (χ2v) is 9.61. The number of anilines is 1. The zero-order valence-corrected chi connectivity index (χ0v) is 22.2. The van der Waals surface area contributed by atoms with Crippen molar-refractivity contribution in [3.8, 4) is 5.69 Å². The van der Waals surface area contributed by atoms with Gasteiger partial charge in [0.2, 0.25) is 0 Å². The minimum atomic E-state index is -0.262. The molecule has 1 fully saturated rings. The molecule has 0 bridgehead atoms. The molecule has 2 amide bonds. The predicted octanol–water partition coefficient (Wildman–Crippen LogP) is 4.83. The summed E-state index contributed by atoms with van der Waals surface area (Å²) in [6, 6.07) is 7.01. The van der Waals surface area contributed by atoms with Crippen molar-refractivity contribution in [2.75, 3.05) is 44.2 Å². The van der Waals surface area contributed by atoms with E-state index < -0.39 is 0 Å². The summed E-state index contributed by atoms with van der Waals surface area (Å²) < 4.78 is 15.7. The average Bonchev–Trinajstić information content (AvgIpc) is 3.22. The van der Waals surface area contributed by atoms with E-state index in [9.17, 15) is 9.18 Å². The van der Waals surface area contributed by atoms with Crippen LogP contribution < -0.4 is 10.2 Å². The van der Waals surface area contributed by atoms with E-state index in [4.69, 9.17) is 5.10 Å². The maximum absolute atomic E-state index is 13.7. The molecular weight excluding hydrogens is 443 g/mol. The zero-order valence-electron chi connectivity index (χ0n) is 22.2. The molecule has 1 aromatic carbocycles. The van der Waals surface area contributed by atoms with Gasteiger partial charge in [-0.05, 0) is 57.4 Å². The molecule has 8 heteroatoms. The third-order valence-electron chi connectivity index (χ3n) is 6.73. The first-order chi connectivity index (χ1) is 16.9. The van der Waals surface area contributed by atoms with Gasteiger partial charge in [-0.3, -0.25) is 4.90 Å². The molecule has 0 unspecified atom stereocenters. The Morgan fingerprint density at radius 2 is 1.77 bits per heavy atom. The Labute approximate surface area is 210 Å². The summed E-state index contributed by atoms with van der Waals surface area (Å²) >= 11 is 0. The molecule has 7 nitrogen and oxygen atoms in total. The van der Waals surface area contributed by atoms with Crippen LogP contribution in [0.25, 0.3) is 5.69 Å². The van der Waals surface area contributed by atoms with Gasteiger partial charge < -0.3 is 15.1 Å². The Bertz CT molecular complexity index is 934. The molecule has 1 aliphatic heterocycles. The van der Waals surface area contributed by atoms with E-state index in [0.29, 0.717) is 25.7 Å². The number of benzene rings is 1. The summed E-state index contributed by atoms with van der Waals surface area (Å²) in [6.07, 6.45) is 3.67. The SMILES string of the molecule is CCCCNC(=O)N(CCC)Cc1c(CC)nn(-c2ccc(F)cc2)c1N1CCN(C(C)C)CC1. The van der Waals surface area contributed by atoms with Crippen LogP contribution in [-0.4, -0.2) is 70.9 Å². The number of unbranched alkanes of at least 4 members (excludes halogenated alkanes) is 1. The van der Waals surface area contributed by atoms with Gasteiger partial charge in [0.05, 0.1) is 17.9 Å². The molecule has 0 aliphatic carbocycles. The van der Waals surface area contributed by atoms with Crippen LogP contribution in [0, 0.1) is 5.82 Å². The Kier molecular flexibility index (Phi) is 9.95. The van der Waals surface area contributed by atoms with Crippen molar-refractivity contribution < 1.29 is 9.18 Å². The van der Waals surface area contributed by atoms with Gasteiger partial charge in [-0.2, -0.15) is 5.10 Å². The van der Waals surface area contributed by atoms with E-state index in [1.807, 2.05) is 9.58 Å². The number of aryl methyl sites for hydroxylation is 1. The fourth-order valence-electron chi connectivity index (χ4n) is 4.67. The highest BCUT2D eigenvalue weighted by molar-refractivity contribution is 5.74. The van der Waals surface area contributed by atoms with Crippen LogP contribution in [0.3, 0.4) is 0 Å². The highest BCUT2D eigenvalue weighted by atomic mass is 19.1. The lowest BCUT2D eigenvalue weighted by molar-refractivity contribution is 0.194. The summed E-state index contributed by atoms with van der Waals surface area (Å²) in [4.78, 5) is 19.8. The minimum Gasteiger partial charge on any atom is -0.354 e. The fourth-order valence-corrected chi connectivity index (χ4v) is 4.67. The number of halogens is 1. The number of amides is 2. The minimum absolute atomic E-state index is 0.0209. The van der Waals surface area contributed by atoms with Gasteiger partial charge in [-0.1, -0.05) is 27.2 Å². The third kappa shape index (κ3) is 6.75. The molecule has 1 aromatic heterocycles. The van der Waals surface area contributed by atoms with Gasteiger partial charge >= 0.3 is 6.03 Å². The number of nitrogens with zero attached hydrogens (tertiary/aromatic N) is 5. The van der Waals surface area contributed by atoms with Crippen molar-refractivity contribution in [3.63, 3.8) is 0 Å². The van der Waals surface area contributed by atoms with E-state index in [1.54, 1.807) is 12.1 Å². The lowest BCUT2D eigenvalue weighted by Crippen LogP contribution is -2.49. The van der Waals surface area contributed by atoms with Crippen molar-refractivity contribution in [2.45, 2.75) is 72.9 Å². The molecular formula is C27H43FN6O. The molecule has 0 spiro atoms. The van der Waals surface area contributed by atoms with Crippen LogP contribution in [0.5, 0.6) is 0 Å². The van der Waals surface area contributed by atoms with Gasteiger partial charge in [0.1, 0.15) is 11.6 Å². The number of carbonyl (C=O) groups is 1. The lowest BCUT2D eigenvalue weighted by atomic mass is 10.1. The van der Waals surface area contributed by atoms with Gasteiger partial charge in [0, 0.05) is 50.9 Å². The van der Waals surface area contributed by atoms with Gasteiger partial charge in [0.25, 0.3) is 0 Å². The fraction of sp³-hybridized carbons (Fsp3) is 0.630. The summed E-state index contributed by atoms with van der Waals surface area (Å²) in [5.74, 6) is 0.765. The first-order valence-corrected chi connectivity index (χ1v) is 13.3. The third-order valence-corrected chi connectivity index (χ3v) is 6.73. The first-order valence-electron chi connectivity index (χ1n) is 13.3. The molecule has 1 saturated heterocycles. The average molecular weight is 487 g/mol. The predicted molar refractivity (Wildman–Crippen MR) is 141 cm³/mol. The van der Waals surface area contributed by atoms with Gasteiger partial charge in [0.15, 0.2) is 0 Å². The molecule has 2 aromatic rings. The summed E-state index contributed by atoms with van der Waals surface area (Å²) in [7, 11) is 0. The molecule has 1 N–H and O–H groups in total. The van der Waals surface area contributed by atoms with E-state index in [1.165, 1.54) is 12.1 Å². The Morgan fingerprint density at radius 3 is 2.34 bits per heavy atom. The number of piperazine rings is 1. The lowest BCUT2D eigenvalue weighted by Gasteiger charge is -2.38. The molecule has 194 valence electrons. The second-order valence-electron chi connectivity index (χ2n) is 9.61. The largest absolute Gasteiger partial charge is 0.354 e. The van der Waals surface area contributed by atoms with Crippen molar-refractivity contribution in [3.05, 3.63) is 41.3 Å². The van der Waals surface area contributed by atoms with E-state index in [-0.39, 0.29) is 11.8 Å². The summed E-state index contributed by atoms with van der Waals surface area (Å²) in [5.41, 5.74) is 2.91. The van der Waals surface area contributed by atoms with Gasteiger partial charge in [-0.25, -0.2) is 13.9 Å². The summed E-state index contributed by atoms with van der Waals surface area (Å²) in [5, 5.41) is 8.07. The first kappa shape index (κ1) is 27.0. The number of hydrogen-bond donors (Lipinski definition) is 1. The van der Waals surface area contributed by atoms with Crippen LogP contribution >= 0.6 is 0 Å². The van der Waals surface area contributed by atoms with Crippen molar-refractivity contribution in [1.29, 1.82) is 0 Å². The number of nitrogens with one attached hydrogen (secondary N) is 1. The van der Waals surface area contributed by atoms with Crippen molar-refractivity contribution in [2.24, 2.45) is 0 Å². The van der Waals surface area contributed by atoms with Crippen molar-refractivity contribution in [1.82, 2.24) is 24.9 Å². The molecule has 35 heavy (non-hydrogen) atoms. The summed E-state index contributed by atoms with van der Waals surface area (Å²) in [6.45, 7) is 16.4. The maximum atomic E-state index is 13.7. The van der Waals surface area contributed by atoms with Crippen molar-refractivity contribution >= 4 is 11.8 Å². The van der Waals surface area contributed by atoms with E-state index in [0.717, 1.165) is 74.6 Å². The van der Waals surface area contributed by atoms with Crippen LogP contribution in [-0.2, 0) is 13.0 Å². The van der Waals surface area contributed by atoms with E-state index in [2.05, 4.69) is 49.7 Å². The van der Waals surface area contributed by atoms with Crippen LogP contribution in [0.15, 0.2) is 24.3 Å². The number of rotatable bonds is 11. The second kappa shape index (κ2) is 12.9. The number of carbonyl (C=O) groups excluding carboxylic acids is 1. The van der Waals surface area contributed by atoms with Crippen LogP contribution in [0.4, 0.5) is 15.0 Å². The topological polar surface area (TPSA) is 56.6 Å². The molecule has 0 atom stereocenters. The molecule has 0 saturated carbocycles. The van der Waals surface area contributed by atoms with E-state index >= 15 is 0 Å².